The van der Waals surface area contributed by atoms with Crippen LogP contribution in [0.5, 0.6) is 0 Å². The first-order valence-electron chi connectivity index (χ1n) is 6.08. The van der Waals surface area contributed by atoms with E-state index < -0.39 is 5.60 Å². The molecule has 0 aliphatic heterocycles. The Bertz CT molecular complexity index is 397. The maximum Gasteiger partial charge on any atom is 0.229 e. The van der Waals surface area contributed by atoms with E-state index >= 15 is 0 Å². The van der Waals surface area contributed by atoms with Crippen LogP contribution in [0.25, 0.3) is 0 Å². The van der Waals surface area contributed by atoms with Crippen molar-refractivity contribution in [3.8, 4) is 0 Å². The molecule has 1 heterocycles. The number of aromatic nitrogens is 1. The van der Waals surface area contributed by atoms with Crippen molar-refractivity contribution >= 4 is 22.4 Å². The highest BCUT2D eigenvalue weighted by atomic mass is 32.1. The van der Waals surface area contributed by atoms with E-state index in [0.717, 1.165) is 37.8 Å². The molecule has 1 aromatic heterocycles. The van der Waals surface area contributed by atoms with Crippen LogP contribution in [0.1, 0.15) is 44.7 Å². The number of aliphatic hydroxyl groups is 1. The number of thiazole rings is 1. The molecule has 17 heavy (non-hydrogen) atoms. The van der Waals surface area contributed by atoms with Crippen LogP contribution in [-0.2, 0) is 11.2 Å². The van der Waals surface area contributed by atoms with E-state index in [2.05, 4.69) is 10.3 Å². The molecule has 1 amide bonds. The van der Waals surface area contributed by atoms with Crippen molar-refractivity contribution in [2.24, 2.45) is 0 Å². The molecule has 1 aliphatic rings. The number of hydrogen-bond acceptors (Lipinski definition) is 4. The number of nitrogens with one attached hydrogen (secondary N) is 1. The van der Waals surface area contributed by atoms with E-state index in [1.807, 2.05) is 12.3 Å². The van der Waals surface area contributed by atoms with Gasteiger partial charge in [0, 0.05) is 5.38 Å². The lowest BCUT2D eigenvalue weighted by molar-refractivity contribution is -0.120. The molecule has 5 heteroatoms. The second kappa shape index (κ2) is 5.14. The van der Waals surface area contributed by atoms with Crippen molar-refractivity contribution in [2.75, 3.05) is 5.32 Å². The summed E-state index contributed by atoms with van der Waals surface area (Å²) in [6, 6.07) is 0. The number of hydrogen-bond donors (Lipinski definition) is 2. The molecule has 0 radical (unpaired) electrons. The van der Waals surface area contributed by atoms with Crippen molar-refractivity contribution in [2.45, 2.75) is 51.0 Å². The van der Waals surface area contributed by atoms with E-state index in [0.29, 0.717) is 5.13 Å². The van der Waals surface area contributed by atoms with Gasteiger partial charge < -0.3 is 10.4 Å². The van der Waals surface area contributed by atoms with Crippen LogP contribution in [0.4, 0.5) is 5.13 Å². The molecule has 0 unspecified atom stereocenters. The van der Waals surface area contributed by atoms with Gasteiger partial charge in [0.2, 0.25) is 5.91 Å². The maximum absolute atomic E-state index is 11.8. The van der Waals surface area contributed by atoms with E-state index in [1.165, 1.54) is 11.3 Å². The molecule has 1 aliphatic carbocycles. The number of nitrogens with zero attached hydrogens (tertiary/aromatic N) is 1. The molecule has 0 spiro atoms. The van der Waals surface area contributed by atoms with Crippen LogP contribution in [-0.4, -0.2) is 21.6 Å². The smallest absolute Gasteiger partial charge is 0.229 e. The number of carbonyl (C=O) groups is 1. The third kappa shape index (κ3) is 3.26. The van der Waals surface area contributed by atoms with Crippen LogP contribution in [0.2, 0.25) is 0 Å². The van der Waals surface area contributed by atoms with Crippen molar-refractivity contribution < 1.29 is 9.90 Å². The summed E-state index contributed by atoms with van der Waals surface area (Å²) in [5.74, 6) is -0.133. The highest BCUT2D eigenvalue weighted by Gasteiger charge is 2.33. The van der Waals surface area contributed by atoms with Crippen LogP contribution < -0.4 is 5.32 Å². The van der Waals surface area contributed by atoms with Gasteiger partial charge in [0.25, 0.3) is 0 Å². The molecule has 0 saturated heterocycles. The molecule has 2 N–H and O–H groups in total. The molecule has 0 atom stereocenters. The predicted molar refractivity (Wildman–Crippen MR) is 68.2 cm³/mol. The molecule has 1 aromatic rings. The summed E-state index contributed by atoms with van der Waals surface area (Å²) in [5.41, 5.74) is 0.208. The lowest BCUT2D eigenvalue weighted by Gasteiger charge is -2.20. The zero-order chi connectivity index (χ0) is 12.3. The van der Waals surface area contributed by atoms with Gasteiger partial charge in [0.15, 0.2) is 5.13 Å². The van der Waals surface area contributed by atoms with Gasteiger partial charge in [-0.25, -0.2) is 4.98 Å². The quantitative estimate of drug-likeness (QED) is 0.867. The summed E-state index contributed by atoms with van der Waals surface area (Å²) in [6.45, 7) is 2.03. The fourth-order valence-electron chi connectivity index (χ4n) is 2.20. The zero-order valence-corrected chi connectivity index (χ0v) is 10.8. The van der Waals surface area contributed by atoms with Gasteiger partial charge in [-0.1, -0.05) is 19.8 Å². The minimum absolute atomic E-state index is 0.133. The van der Waals surface area contributed by atoms with Gasteiger partial charge in [0.1, 0.15) is 0 Å². The monoisotopic (exact) mass is 254 g/mol. The Balaban J connectivity index is 1.88. The topological polar surface area (TPSA) is 62.2 Å². The average Bonchev–Trinajstić information content (AvgIpc) is 2.87. The Morgan fingerprint density at radius 3 is 2.88 bits per heavy atom. The van der Waals surface area contributed by atoms with E-state index in [4.69, 9.17) is 0 Å². The van der Waals surface area contributed by atoms with Crippen molar-refractivity contribution in [1.82, 2.24) is 4.98 Å². The summed E-state index contributed by atoms with van der Waals surface area (Å²) >= 11 is 1.43. The second-order valence-electron chi connectivity index (χ2n) is 4.65. The number of carbonyl (C=O) groups excluding carboxylic acids is 1. The molecule has 4 nitrogen and oxygen atoms in total. The molecule has 2 rings (SSSR count). The highest BCUT2D eigenvalue weighted by molar-refractivity contribution is 7.13. The van der Waals surface area contributed by atoms with Crippen LogP contribution in [0.15, 0.2) is 5.38 Å². The van der Waals surface area contributed by atoms with Gasteiger partial charge in [-0.15, -0.1) is 11.3 Å². The summed E-state index contributed by atoms with van der Waals surface area (Å²) in [6.07, 6.45) is 4.56. The van der Waals surface area contributed by atoms with Gasteiger partial charge >= 0.3 is 0 Å². The van der Waals surface area contributed by atoms with Gasteiger partial charge in [-0.05, 0) is 19.3 Å². The first-order chi connectivity index (χ1) is 8.11. The normalized spacial score (nSPS) is 18.2. The number of anilines is 1. The standard InChI is InChI=1S/C12H18N2O2S/c1-2-9-8-17-11(13-9)14-10(15)7-12(16)5-3-4-6-12/h8,16H,2-7H2,1H3,(H,13,14,15). The second-order valence-corrected chi connectivity index (χ2v) is 5.51. The van der Waals surface area contributed by atoms with Gasteiger partial charge in [0.05, 0.1) is 17.7 Å². The fraction of sp³-hybridized carbons (Fsp3) is 0.667. The Morgan fingerprint density at radius 1 is 1.59 bits per heavy atom. The van der Waals surface area contributed by atoms with Gasteiger partial charge in [-0.2, -0.15) is 0 Å². The van der Waals surface area contributed by atoms with Crippen LogP contribution in [0, 0.1) is 0 Å². The first kappa shape index (κ1) is 12.5. The molecule has 0 bridgehead atoms. The number of amides is 1. The minimum Gasteiger partial charge on any atom is -0.389 e. The summed E-state index contributed by atoms with van der Waals surface area (Å²) in [4.78, 5) is 16.0. The molecular weight excluding hydrogens is 236 g/mol. The van der Waals surface area contributed by atoms with E-state index in [1.54, 1.807) is 0 Å². The number of rotatable bonds is 4. The molecule has 1 saturated carbocycles. The summed E-state index contributed by atoms with van der Waals surface area (Å²) < 4.78 is 0. The molecule has 0 aromatic carbocycles. The summed E-state index contributed by atoms with van der Waals surface area (Å²) in [7, 11) is 0. The van der Waals surface area contributed by atoms with Crippen LogP contribution >= 0.6 is 11.3 Å². The Kier molecular flexibility index (Phi) is 3.79. The predicted octanol–water partition coefficient (Wildman–Crippen LogP) is 2.34. The first-order valence-corrected chi connectivity index (χ1v) is 6.96. The highest BCUT2D eigenvalue weighted by Crippen LogP contribution is 2.32. The zero-order valence-electron chi connectivity index (χ0n) is 10.0. The molecular formula is C12H18N2O2S. The lowest BCUT2D eigenvalue weighted by Crippen LogP contribution is -2.30. The van der Waals surface area contributed by atoms with Crippen molar-refractivity contribution in [3.63, 3.8) is 0 Å². The maximum atomic E-state index is 11.8. The third-order valence-corrected chi connectivity index (χ3v) is 3.99. The Labute approximate surface area is 105 Å². The lowest BCUT2D eigenvalue weighted by atomic mass is 9.98. The Hall–Kier alpha value is -0.940. The summed E-state index contributed by atoms with van der Waals surface area (Å²) in [5, 5.41) is 15.4. The number of aryl methyl sites for hydroxylation is 1. The minimum atomic E-state index is -0.783. The fourth-order valence-corrected chi connectivity index (χ4v) is 3.01. The average molecular weight is 254 g/mol. The van der Waals surface area contributed by atoms with E-state index in [9.17, 15) is 9.90 Å². The SMILES string of the molecule is CCc1csc(NC(=O)CC2(O)CCCC2)n1. The molecule has 94 valence electrons. The van der Waals surface area contributed by atoms with Crippen LogP contribution in [0.3, 0.4) is 0 Å². The molecule has 1 fully saturated rings. The Morgan fingerprint density at radius 2 is 2.29 bits per heavy atom. The van der Waals surface area contributed by atoms with Crippen molar-refractivity contribution in [3.05, 3.63) is 11.1 Å². The third-order valence-electron chi connectivity index (χ3n) is 3.18. The van der Waals surface area contributed by atoms with E-state index in [-0.39, 0.29) is 12.3 Å². The van der Waals surface area contributed by atoms with Gasteiger partial charge in [-0.3, -0.25) is 4.79 Å². The largest absolute Gasteiger partial charge is 0.389 e. The van der Waals surface area contributed by atoms with Crippen molar-refractivity contribution in [1.29, 1.82) is 0 Å².